The summed E-state index contributed by atoms with van der Waals surface area (Å²) in [4.78, 5) is 0. The van der Waals surface area contributed by atoms with Gasteiger partial charge in [0.2, 0.25) is 0 Å². The van der Waals surface area contributed by atoms with E-state index in [2.05, 4.69) is 6.07 Å². The highest BCUT2D eigenvalue weighted by Gasteiger charge is 1.96. The average molecular weight is 223 g/mol. The maximum absolute atomic E-state index is 8.77. The molecule has 0 unspecified atom stereocenters. The fraction of sp³-hybridized carbons (Fsp3) is 0.133. The van der Waals surface area contributed by atoms with Crippen LogP contribution in [0.5, 0.6) is 0 Å². The maximum Gasteiger partial charge on any atom is 0.0991 e. The molecule has 0 saturated heterocycles. The zero-order valence-corrected chi connectivity index (χ0v) is 9.47. The molecule has 0 aliphatic rings. The molecule has 0 aromatic heterocycles. The number of nitriles is 1. The second kappa shape index (κ2) is 5.83. The van der Waals surface area contributed by atoms with Gasteiger partial charge in [-0.15, -0.1) is 0 Å². The lowest BCUT2D eigenvalue weighted by atomic mass is 10.1. The fourth-order valence-corrected chi connectivity index (χ4v) is 1.59. The minimum atomic E-state index is 0.532. The van der Waals surface area contributed by atoms with Crippen molar-refractivity contribution in [2.75, 3.05) is 0 Å². The molecule has 2 nitrogen and oxygen atoms in total. The van der Waals surface area contributed by atoms with Gasteiger partial charge in [-0.3, -0.25) is 0 Å². The third-order valence-corrected chi connectivity index (χ3v) is 2.44. The molecule has 84 valence electrons. The molecule has 0 N–H and O–H groups in total. The first kappa shape index (κ1) is 11.4. The summed E-state index contributed by atoms with van der Waals surface area (Å²) in [6.45, 7) is 1.13. The van der Waals surface area contributed by atoms with E-state index in [1.165, 1.54) is 0 Å². The summed E-state index contributed by atoms with van der Waals surface area (Å²) in [6, 6.07) is 19.6. The summed E-state index contributed by atoms with van der Waals surface area (Å²) in [7, 11) is 0. The van der Waals surface area contributed by atoms with Crippen LogP contribution in [0.1, 0.15) is 16.7 Å². The number of hydrogen-bond donors (Lipinski definition) is 0. The van der Waals surface area contributed by atoms with Gasteiger partial charge in [0, 0.05) is 0 Å². The summed E-state index contributed by atoms with van der Waals surface area (Å²) in [5.41, 5.74) is 2.86. The summed E-state index contributed by atoms with van der Waals surface area (Å²) in [5.74, 6) is 0. The van der Waals surface area contributed by atoms with Crippen LogP contribution in [0, 0.1) is 11.3 Å². The molecule has 0 heterocycles. The molecule has 0 saturated carbocycles. The van der Waals surface area contributed by atoms with Crippen molar-refractivity contribution in [1.82, 2.24) is 0 Å². The molecule has 17 heavy (non-hydrogen) atoms. The number of hydrogen-bond acceptors (Lipinski definition) is 2. The summed E-state index contributed by atoms with van der Waals surface area (Å²) >= 11 is 0. The van der Waals surface area contributed by atoms with Gasteiger partial charge < -0.3 is 4.74 Å². The van der Waals surface area contributed by atoms with Crippen molar-refractivity contribution in [3.05, 3.63) is 71.3 Å². The van der Waals surface area contributed by atoms with E-state index in [-0.39, 0.29) is 0 Å². The van der Waals surface area contributed by atoms with Gasteiger partial charge in [0.1, 0.15) is 0 Å². The van der Waals surface area contributed by atoms with E-state index in [0.29, 0.717) is 18.8 Å². The van der Waals surface area contributed by atoms with Crippen LogP contribution in [0.4, 0.5) is 0 Å². The first-order valence-corrected chi connectivity index (χ1v) is 5.49. The van der Waals surface area contributed by atoms with Crippen LogP contribution in [0.3, 0.4) is 0 Å². The van der Waals surface area contributed by atoms with Gasteiger partial charge in [-0.25, -0.2) is 0 Å². The second-order valence-corrected chi connectivity index (χ2v) is 3.79. The third kappa shape index (κ3) is 3.44. The lowest BCUT2D eigenvalue weighted by Gasteiger charge is -2.04. The zero-order chi connectivity index (χ0) is 11.9. The number of rotatable bonds is 4. The van der Waals surface area contributed by atoms with Crippen LogP contribution < -0.4 is 0 Å². The van der Waals surface area contributed by atoms with Gasteiger partial charge in [-0.1, -0.05) is 42.5 Å². The lowest BCUT2D eigenvalue weighted by Crippen LogP contribution is -1.94. The first-order chi connectivity index (χ1) is 8.38. The van der Waals surface area contributed by atoms with Crippen molar-refractivity contribution in [3.63, 3.8) is 0 Å². The minimum absolute atomic E-state index is 0.532. The average Bonchev–Trinajstić information content (AvgIpc) is 2.40. The van der Waals surface area contributed by atoms with Gasteiger partial charge in [0.25, 0.3) is 0 Å². The van der Waals surface area contributed by atoms with Crippen molar-refractivity contribution in [1.29, 1.82) is 5.26 Å². The molecule has 0 fully saturated rings. The normalized spacial score (nSPS) is 9.82. The van der Waals surface area contributed by atoms with E-state index in [1.54, 1.807) is 6.07 Å². The molecule has 0 aliphatic heterocycles. The molecular formula is C15H13NO. The first-order valence-electron chi connectivity index (χ1n) is 5.49. The quantitative estimate of drug-likeness (QED) is 0.796. The number of benzene rings is 2. The van der Waals surface area contributed by atoms with Crippen molar-refractivity contribution in [2.24, 2.45) is 0 Å². The largest absolute Gasteiger partial charge is 0.372 e. The van der Waals surface area contributed by atoms with Crippen LogP contribution in [0.25, 0.3) is 0 Å². The Labute approximate surface area is 101 Å². The molecule has 2 aromatic rings. The smallest absolute Gasteiger partial charge is 0.0991 e. The molecule has 0 bridgehead atoms. The highest BCUT2D eigenvalue weighted by Crippen LogP contribution is 2.07. The Morgan fingerprint density at radius 1 is 0.882 bits per heavy atom. The van der Waals surface area contributed by atoms with Crippen LogP contribution in [0.2, 0.25) is 0 Å². The van der Waals surface area contributed by atoms with Crippen molar-refractivity contribution in [3.8, 4) is 6.07 Å². The Kier molecular flexibility index (Phi) is 3.90. The van der Waals surface area contributed by atoms with Crippen LogP contribution in [-0.2, 0) is 18.0 Å². The SMILES string of the molecule is N#Cc1cccc(COCc2ccccc2)c1. The predicted molar refractivity (Wildman–Crippen MR) is 66.1 cm³/mol. The Balaban J connectivity index is 1.88. The topological polar surface area (TPSA) is 33.0 Å². The van der Waals surface area contributed by atoms with Gasteiger partial charge in [-0.05, 0) is 23.3 Å². The Morgan fingerprint density at radius 2 is 1.59 bits per heavy atom. The van der Waals surface area contributed by atoms with E-state index in [1.807, 2.05) is 48.5 Å². The van der Waals surface area contributed by atoms with E-state index in [0.717, 1.165) is 11.1 Å². The molecule has 2 rings (SSSR count). The standard InChI is InChI=1S/C15H13NO/c16-10-14-7-4-8-15(9-14)12-17-11-13-5-2-1-3-6-13/h1-9H,11-12H2. The molecule has 0 amide bonds. The molecule has 0 radical (unpaired) electrons. The Morgan fingerprint density at radius 3 is 2.35 bits per heavy atom. The number of nitrogens with zero attached hydrogens (tertiary/aromatic N) is 1. The Bertz CT molecular complexity index is 514. The van der Waals surface area contributed by atoms with E-state index >= 15 is 0 Å². The maximum atomic E-state index is 8.77. The molecule has 0 spiro atoms. The molecule has 0 aliphatic carbocycles. The monoisotopic (exact) mass is 223 g/mol. The highest BCUT2D eigenvalue weighted by atomic mass is 16.5. The van der Waals surface area contributed by atoms with E-state index in [4.69, 9.17) is 10.00 Å². The molecular weight excluding hydrogens is 210 g/mol. The molecule has 0 atom stereocenters. The van der Waals surface area contributed by atoms with Gasteiger partial charge in [-0.2, -0.15) is 5.26 Å². The molecule has 2 aromatic carbocycles. The van der Waals surface area contributed by atoms with E-state index in [9.17, 15) is 0 Å². The van der Waals surface area contributed by atoms with Gasteiger partial charge >= 0.3 is 0 Å². The van der Waals surface area contributed by atoms with Crippen LogP contribution >= 0.6 is 0 Å². The van der Waals surface area contributed by atoms with Crippen molar-refractivity contribution in [2.45, 2.75) is 13.2 Å². The molecule has 2 heteroatoms. The number of ether oxygens (including phenoxy) is 1. The predicted octanol–water partition coefficient (Wildman–Crippen LogP) is 3.28. The summed E-state index contributed by atoms with van der Waals surface area (Å²) in [5, 5.41) is 8.77. The highest BCUT2D eigenvalue weighted by molar-refractivity contribution is 5.32. The van der Waals surface area contributed by atoms with E-state index < -0.39 is 0 Å². The summed E-state index contributed by atoms with van der Waals surface area (Å²) < 4.78 is 5.60. The fourth-order valence-electron chi connectivity index (χ4n) is 1.59. The van der Waals surface area contributed by atoms with Gasteiger partial charge in [0.05, 0.1) is 24.8 Å². The second-order valence-electron chi connectivity index (χ2n) is 3.79. The van der Waals surface area contributed by atoms with Crippen molar-refractivity contribution < 1.29 is 4.74 Å². The minimum Gasteiger partial charge on any atom is -0.372 e. The third-order valence-electron chi connectivity index (χ3n) is 2.44. The van der Waals surface area contributed by atoms with Gasteiger partial charge in [0.15, 0.2) is 0 Å². The summed E-state index contributed by atoms with van der Waals surface area (Å²) in [6.07, 6.45) is 0. The van der Waals surface area contributed by atoms with Crippen LogP contribution in [-0.4, -0.2) is 0 Å². The zero-order valence-electron chi connectivity index (χ0n) is 9.47. The van der Waals surface area contributed by atoms with Crippen LogP contribution in [0.15, 0.2) is 54.6 Å². The van der Waals surface area contributed by atoms with Crippen molar-refractivity contribution >= 4 is 0 Å². The lowest BCUT2D eigenvalue weighted by molar-refractivity contribution is 0.107. The Hall–Kier alpha value is -2.11.